The molecule has 1 amide bonds. The molecule has 0 unspecified atom stereocenters. The lowest BCUT2D eigenvalue weighted by atomic mass is 10.2. The molecule has 2 rings (SSSR count). The van der Waals surface area contributed by atoms with Crippen LogP contribution in [0.5, 0.6) is 0 Å². The van der Waals surface area contributed by atoms with Crippen LogP contribution in [0, 0.1) is 0 Å². The van der Waals surface area contributed by atoms with Gasteiger partial charge in [0.1, 0.15) is 0 Å². The van der Waals surface area contributed by atoms with Crippen LogP contribution in [0.1, 0.15) is 25.6 Å². The summed E-state index contributed by atoms with van der Waals surface area (Å²) in [4.78, 5) is 11.8. The number of anilines is 1. The Morgan fingerprint density at radius 3 is 2.65 bits per heavy atom. The molecule has 20 heavy (non-hydrogen) atoms. The first-order chi connectivity index (χ1) is 9.58. The Morgan fingerprint density at radius 2 is 2.05 bits per heavy atom. The Morgan fingerprint density at radius 1 is 1.35 bits per heavy atom. The number of nitrogens with one attached hydrogen (secondary N) is 1. The van der Waals surface area contributed by atoms with Gasteiger partial charge in [0.05, 0.1) is 5.75 Å². The Bertz CT molecular complexity index is 582. The summed E-state index contributed by atoms with van der Waals surface area (Å²) in [6, 6.07) is 9.31. The summed E-state index contributed by atoms with van der Waals surface area (Å²) < 4.78 is 1.44. The van der Waals surface area contributed by atoms with Crippen LogP contribution in [-0.4, -0.2) is 26.5 Å². The number of aromatic nitrogens is 3. The molecule has 0 aliphatic heterocycles. The molecule has 1 aromatic carbocycles. The molecule has 0 radical (unpaired) electrons. The van der Waals surface area contributed by atoms with Crippen molar-refractivity contribution in [2.45, 2.75) is 24.9 Å². The maximum absolute atomic E-state index is 11.8. The van der Waals surface area contributed by atoms with Gasteiger partial charge >= 0.3 is 0 Å². The van der Waals surface area contributed by atoms with Crippen molar-refractivity contribution in [1.82, 2.24) is 14.9 Å². The van der Waals surface area contributed by atoms with Crippen molar-refractivity contribution in [3.05, 3.63) is 36.2 Å². The molecule has 6 nitrogen and oxygen atoms in total. The molecular weight excluding hydrogens is 274 g/mol. The number of nitrogens with two attached hydrogens (primary N) is 1. The van der Waals surface area contributed by atoms with Crippen LogP contribution >= 0.6 is 11.8 Å². The lowest BCUT2D eigenvalue weighted by Gasteiger charge is -2.06. The minimum absolute atomic E-state index is 0.102. The zero-order chi connectivity index (χ0) is 14.5. The minimum Gasteiger partial charge on any atom is -0.336 e. The van der Waals surface area contributed by atoms with E-state index in [4.69, 9.17) is 5.84 Å². The highest BCUT2D eigenvalue weighted by atomic mass is 32.2. The van der Waals surface area contributed by atoms with E-state index < -0.39 is 0 Å². The summed E-state index contributed by atoms with van der Waals surface area (Å²) in [5.74, 6) is 6.92. The van der Waals surface area contributed by atoms with Crippen molar-refractivity contribution in [2.24, 2.45) is 0 Å². The van der Waals surface area contributed by atoms with Gasteiger partial charge in [-0.2, -0.15) is 0 Å². The molecule has 0 spiro atoms. The first-order valence-electron chi connectivity index (χ1n) is 6.26. The Balaban J connectivity index is 1.91. The lowest BCUT2D eigenvalue weighted by Crippen LogP contribution is -2.17. The normalized spacial score (nSPS) is 10.8. The molecular formula is C13H17N5OS. The number of hydrogen-bond acceptors (Lipinski definition) is 5. The van der Waals surface area contributed by atoms with Crippen LogP contribution in [0.15, 0.2) is 35.5 Å². The van der Waals surface area contributed by atoms with E-state index in [1.165, 1.54) is 16.4 Å². The van der Waals surface area contributed by atoms with Crippen LogP contribution < -0.4 is 11.2 Å². The number of nitrogens with zero attached hydrogens (tertiary/aromatic N) is 3. The monoisotopic (exact) mass is 291 g/mol. The fourth-order valence-corrected chi connectivity index (χ4v) is 2.29. The first-order valence-corrected chi connectivity index (χ1v) is 7.24. The molecule has 1 heterocycles. The molecule has 3 N–H and O–H groups in total. The summed E-state index contributed by atoms with van der Waals surface area (Å²) in [6.45, 7) is 3.98. The number of hydrogen-bond donors (Lipinski definition) is 2. The number of carbonyl (C=O) groups is 1. The predicted molar refractivity (Wildman–Crippen MR) is 80.1 cm³/mol. The van der Waals surface area contributed by atoms with Crippen molar-refractivity contribution in [3.8, 4) is 0 Å². The molecule has 0 aliphatic rings. The standard InChI is InChI=1S/C13H17N5OS/c1-9(2)12-16-17-13(18(12)14)20-8-11(19)15-10-6-4-3-5-7-10/h3-7,9H,8,14H2,1-2H3,(H,15,19). The average molecular weight is 291 g/mol. The second-order valence-corrected chi connectivity index (χ2v) is 5.51. The first kappa shape index (κ1) is 14.4. The third kappa shape index (κ3) is 3.51. The fourth-order valence-electron chi connectivity index (χ4n) is 1.63. The van der Waals surface area contributed by atoms with Crippen molar-refractivity contribution < 1.29 is 4.79 Å². The van der Waals surface area contributed by atoms with Gasteiger partial charge in [0.2, 0.25) is 11.1 Å². The number of thioether (sulfide) groups is 1. The zero-order valence-electron chi connectivity index (χ0n) is 11.4. The van der Waals surface area contributed by atoms with Gasteiger partial charge in [0.15, 0.2) is 5.82 Å². The molecule has 106 valence electrons. The summed E-state index contributed by atoms with van der Waals surface area (Å²) in [5.41, 5.74) is 0.773. The summed E-state index contributed by atoms with van der Waals surface area (Å²) in [7, 11) is 0. The van der Waals surface area contributed by atoms with Gasteiger partial charge in [0.25, 0.3) is 0 Å². The zero-order valence-corrected chi connectivity index (χ0v) is 12.2. The van der Waals surface area contributed by atoms with E-state index >= 15 is 0 Å². The molecule has 0 fully saturated rings. The minimum atomic E-state index is -0.102. The van der Waals surface area contributed by atoms with E-state index in [1.54, 1.807) is 0 Å². The van der Waals surface area contributed by atoms with Crippen LogP contribution in [0.4, 0.5) is 5.69 Å². The molecule has 0 bridgehead atoms. The summed E-state index contributed by atoms with van der Waals surface area (Å²) in [6.07, 6.45) is 0. The third-order valence-electron chi connectivity index (χ3n) is 2.60. The molecule has 1 aromatic heterocycles. The van der Waals surface area contributed by atoms with E-state index in [0.29, 0.717) is 11.0 Å². The maximum Gasteiger partial charge on any atom is 0.234 e. The van der Waals surface area contributed by atoms with Gasteiger partial charge < -0.3 is 11.2 Å². The molecule has 7 heteroatoms. The van der Waals surface area contributed by atoms with E-state index in [0.717, 1.165) is 5.69 Å². The maximum atomic E-state index is 11.8. The fraction of sp³-hybridized carbons (Fsp3) is 0.308. The topological polar surface area (TPSA) is 85.8 Å². The van der Waals surface area contributed by atoms with Gasteiger partial charge in [0, 0.05) is 11.6 Å². The Hall–Kier alpha value is -2.02. The van der Waals surface area contributed by atoms with Crippen LogP contribution in [-0.2, 0) is 4.79 Å². The van der Waals surface area contributed by atoms with Gasteiger partial charge in [-0.3, -0.25) is 4.79 Å². The number of amides is 1. The van der Waals surface area contributed by atoms with Crippen molar-refractivity contribution in [3.63, 3.8) is 0 Å². The number of nitrogen functional groups attached to an aromatic ring is 1. The highest BCUT2D eigenvalue weighted by Crippen LogP contribution is 2.18. The van der Waals surface area contributed by atoms with E-state index in [1.807, 2.05) is 44.2 Å². The number of benzene rings is 1. The quantitative estimate of drug-likeness (QED) is 0.648. The second-order valence-electron chi connectivity index (χ2n) is 4.57. The SMILES string of the molecule is CC(C)c1nnc(SCC(=O)Nc2ccccc2)n1N. The number of para-hydroxylation sites is 1. The van der Waals surface area contributed by atoms with Crippen molar-refractivity contribution >= 4 is 23.4 Å². The highest BCUT2D eigenvalue weighted by Gasteiger charge is 2.14. The van der Waals surface area contributed by atoms with Crippen molar-refractivity contribution in [1.29, 1.82) is 0 Å². The van der Waals surface area contributed by atoms with Gasteiger partial charge in [-0.05, 0) is 12.1 Å². The molecule has 0 atom stereocenters. The van der Waals surface area contributed by atoms with E-state index in [-0.39, 0.29) is 17.6 Å². The van der Waals surface area contributed by atoms with Crippen LogP contribution in [0.3, 0.4) is 0 Å². The van der Waals surface area contributed by atoms with Crippen LogP contribution in [0.2, 0.25) is 0 Å². The van der Waals surface area contributed by atoms with Gasteiger partial charge in [-0.15, -0.1) is 10.2 Å². The van der Waals surface area contributed by atoms with Gasteiger partial charge in [-0.1, -0.05) is 43.8 Å². The van der Waals surface area contributed by atoms with Crippen LogP contribution in [0.25, 0.3) is 0 Å². The number of rotatable bonds is 5. The van der Waals surface area contributed by atoms with E-state index in [2.05, 4.69) is 15.5 Å². The molecule has 0 saturated heterocycles. The Labute approximate surface area is 121 Å². The second kappa shape index (κ2) is 6.42. The van der Waals surface area contributed by atoms with Gasteiger partial charge in [-0.25, -0.2) is 4.68 Å². The molecule has 0 saturated carbocycles. The smallest absolute Gasteiger partial charge is 0.234 e. The van der Waals surface area contributed by atoms with E-state index in [9.17, 15) is 4.79 Å². The highest BCUT2D eigenvalue weighted by molar-refractivity contribution is 7.99. The number of carbonyl (C=O) groups excluding carboxylic acids is 1. The Kier molecular flexibility index (Phi) is 4.62. The predicted octanol–water partition coefficient (Wildman–Crippen LogP) is 1.85. The third-order valence-corrected chi connectivity index (χ3v) is 3.54. The van der Waals surface area contributed by atoms with Crippen molar-refractivity contribution in [2.75, 3.05) is 16.9 Å². The summed E-state index contributed by atoms with van der Waals surface area (Å²) >= 11 is 1.26. The summed E-state index contributed by atoms with van der Waals surface area (Å²) in [5, 5.41) is 11.3. The largest absolute Gasteiger partial charge is 0.336 e. The molecule has 0 aliphatic carbocycles. The molecule has 2 aromatic rings. The average Bonchev–Trinajstić information content (AvgIpc) is 2.79. The lowest BCUT2D eigenvalue weighted by molar-refractivity contribution is -0.113.